The van der Waals surface area contributed by atoms with E-state index in [0.717, 1.165) is 64.1 Å². The van der Waals surface area contributed by atoms with Crippen molar-refractivity contribution in [3.63, 3.8) is 0 Å². The number of hydrazine groups is 1. The van der Waals surface area contributed by atoms with Crippen LogP contribution in [0.4, 0.5) is 50.4 Å². The number of piperazine rings is 1. The van der Waals surface area contributed by atoms with Gasteiger partial charge in [0.2, 0.25) is 5.91 Å². The lowest BCUT2D eigenvalue weighted by Gasteiger charge is -2.48. The van der Waals surface area contributed by atoms with E-state index < -0.39 is 108 Å². The van der Waals surface area contributed by atoms with E-state index in [1.165, 1.54) is 29.7 Å². The van der Waals surface area contributed by atoms with Gasteiger partial charge in [-0.1, -0.05) is 30.0 Å². The molecule has 2 bridgehead atoms. The Kier molecular flexibility index (Phi) is 18.0. The number of fused-ring (bicyclic) bond motifs is 2. The molecule has 6 atom stereocenters. The van der Waals surface area contributed by atoms with Crippen molar-refractivity contribution in [2.45, 2.75) is 108 Å². The minimum Gasteiger partial charge on any atom is -0.465 e. The van der Waals surface area contributed by atoms with Crippen LogP contribution in [0.3, 0.4) is 0 Å². The van der Waals surface area contributed by atoms with Crippen LogP contribution in [0.2, 0.25) is 0 Å². The summed E-state index contributed by atoms with van der Waals surface area (Å²) >= 11 is 0. The van der Waals surface area contributed by atoms with Gasteiger partial charge in [0.1, 0.15) is 23.7 Å². The van der Waals surface area contributed by atoms with E-state index in [9.17, 15) is 55.7 Å². The molecule has 3 aliphatic heterocycles. The Bertz CT molecular complexity index is 2810. The number of benzene rings is 3. The first-order chi connectivity index (χ1) is 36.7. The number of aliphatic hydroxyl groups excluding tert-OH is 1. The van der Waals surface area contributed by atoms with Gasteiger partial charge in [0, 0.05) is 72.4 Å². The number of rotatable bonds is 18. The van der Waals surface area contributed by atoms with E-state index in [0.29, 0.717) is 67.5 Å². The highest BCUT2D eigenvalue weighted by atomic mass is 19.4. The molecule has 3 aliphatic rings. The van der Waals surface area contributed by atoms with Crippen molar-refractivity contribution in [2.75, 3.05) is 44.9 Å². The zero-order valence-corrected chi connectivity index (χ0v) is 43.1. The first kappa shape index (κ1) is 58.6. The Morgan fingerprint density at radius 1 is 0.782 bits per heavy atom. The van der Waals surface area contributed by atoms with Crippen molar-refractivity contribution < 1.29 is 74.0 Å². The number of nitrogens with zero attached hydrogens (tertiary/aromatic N) is 4. The molecule has 78 heavy (non-hydrogen) atoms. The maximum atomic E-state index is 16.0. The van der Waals surface area contributed by atoms with E-state index in [1.807, 2.05) is 35.0 Å². The third kappa shape index (κ3) is 13.6. The summed E-state index contributed by atoms with van der Waals surface area (Å²) in [7, 11) is 0.840. The smallest absolute Gasteiger partial charge is 0.407 e. The molecule has 6 N–H and O–H groups in total. The van der Waals surface area contributed by atoms with E-state index in [-0.39, 0.29) is 11.3 Å². The fourth-order valence-corrected chi connectivity index (χ4v) is 9.69. The van der Waals surface area contributed by atoms with Gasteiger partial charge in [-0.2, -0.15) is 26.3 Å². The van der Waals surface area contributed by atoms with Gasteiger partial charge < -0.3 is 40.5 Å². The topological polar surface area (TPSA) is 198 Å². The summed E-state index contributed by atoms with van der Waals surface area (Å²) in [4.78, 5) is 61.2. The van der Waals surface area contributed by atoms with E-state index >= 15 is 8.78 Å². The van der Waals surface area contributed by atoms with Crippen molar-refractivity contribution in [2.24, 2.45) is 10.8 Å². The quantitative estimate of drug-likeness (QED) is 0.0342. The minimum atomic E-state index is -5.23. The summed E-state index contributed by atoms with van der Waals surface area (Å²) in [5.41, 5.74) is -2.21. The van der Waals surface area contributed by atoms with Crippen molar-refractivity contribution in [3.05, 3.63) is 119 Å². The van der Waals surface area contributed by atoms with E-state index in [1.54, 1.807) is 24.3 Å². The van der Waals surface area contributed by atoms with Gasteiger partial charge in [0.25, 0.3) is 5.91 Å². The number of alkyl halides is 6. The lowest BCUT2D eigenvalue weighted by molar-refractivity contribution is -0.221. The highest BCUT2D eigenvalue weighted by Gasteiger charge is 2.57. The molecule has 4 heterocycles. The van der Waals surface area contributed by atoms with Crippen LogP contribution < -0.4 is 26.3 Å². The first-order valence-electron chi connectivity index (χ1n) is 24.9. The van der Waals surface area contributed by atoms with Crippen molar-refractivity contribution in [1.29, 1.82) is 0 Å². The highest BCUT2D eigenvalue weighted by molar-refractivity contribution is 5.87. The number of carboxylic acid groups (broad SMARTS) is 1. The number of nitrogens with one attached hydrogen (secondary N) is 4. The second-order valence-corrected chi connectivity index (χ2v) is 20.7. The van der Waals surface area contributed by atoms with Gasteiger partial charge in [0.15, 0.2) is 0 Å². The summed E-state index contributed by atoms with van der Waals surface area (Å²) in [6, 6.07) is 15.0. The zero-order chi connectivity index (χ0) is 56.9. The molecule has 0 spiro atoms. The van der Waals surface area contributed by atoms with E-state index in [2.05, 4.69) is 36.7 Å². The Hall–Kier alpha value is -7.07. The molecule has 16 nitrogen and oxygen atoms in total. The molecule has 4 aromatic rings. The van der Waals surface area contributed by atoms with Crippen molar-refractivity contribution in [3.8, 4) is 23.1 Å². The molecule has 3 fully saturated rings. The monoisotopic (exact) mass is 1100 g/mol. The summed E-state index contributed by atoms with van der Waals surface area (Å²) < 4.78 is 129. The Labute approximate surface area is 444 Å². The SMILES string of the molecule is COC(=O)NC(C(=O)NC(Cc1ccc(C#Cc2ccc(N3CC4CCC(C3)N4C3COC3)cc2)cc1)C(O)CN(Cc1c(F)cc(-c2ccccn2)cc1F)NC(=O)C(NC(=O)O)C(C)(C)C(F)(F)F)C(C)(C)C(F)(F)F. The van der Waals surface area contributed by atoms with Crippen LogP contribution in [0.1, 0.15) is 62.8 Å². The first-order valence-corrected chi connectivity index (χ1v) is 24.9. The maximum absolute atomic E-state index is 16.0. The molecule has 1 aromatic heterocycles. The molecular formula is C54H60F8N8O8. The van der Waals surface area contributed by atoms with Gasteiger partial charge in [-0.3, -0.25) is 24.9 Å². The standard InChI is InChI=1S/C54H60F8N8O8/c1-51(2,53(57,58)59)45(66-50(76)77-5)47(72)64-43(22-33-13-11-31(12-14-33)9-10-32-15-17-35(18-16-32)68-25-36-19-20-37(26-68)70(36)38-29-78-30-38)44(71)28-69(67-48(73)46(65-49(74)75)52(3,4)54(60,61)62)27-39-40(55)23-34(24-41(39)56)42-8-6-7-21-63-42/h6-8,11-18,21,23-24,36-38,43-46,65,71H,19-20,22,25-30H2,1-5H3,(H,64,72)(H,66,76)(H,67,73)(H,74,75). The van der Waals surface area contributed by atoms with Crippen molar-refractivity contribution >= 4 is 29.7 Å². The normalized spacial score (nSPS) is 18.6. The number of aliphatic hydroxyl groups is 1. The molecule has 420 valence electrons. The Morgan fingerprint density at radius 2 is 1.33 bits per heavy atom. The van der Waals surface area contributed by atoms with E-state index in [4.69, 9.17) is 4.74 Å². The number of carbonyl (C=O) groups excluding carboxylic acids is 3. The summed E-state index contributed by atoms with van der Waals surface area (Å²) in [5.74, 6) is 0.453. The molecular weight excluding hydrogens is 1040 g/mol. The predicted octanol–water partition coefficient (Wildman–Crippen LogP) is 6.94. The average molecular weight is 1100 g/mol. The van der Waals surface area contributed by atoms with Crippen LogP contribution in [0.15, 0.2) is 85.1 Å². The molecule has 0 radical (unpaired) electrons. The van der Waals surface area contributed by atoms with Gasteiger partial charge in [-0.25, -0.2) is 23.4 Å². The number of hydrogen-bond donors (Lipinski definition) is 6. The molecule has 3 aromatic carbocycles. The van der Waals surface area contributed by atoms with Crippen LogP contribution in [-0.4, -0.2) is 144 Å². The van der Waals surface area contributed by atoms with Crippen LogP contribution in [-0.2, 0) is 32.0 Å². The van der Waals surface area contributed by atoms with Gasteiger partial charge >= 0.3 is 24.5 Å². The third-order valence-corrected chi connectivity index (χ3v) is 14.6. The van der Waals surface area contributed by atoms with Crippen molar-refractivity contribution in [1.82, 2.24) is 36.3 Å². The predicted molar refractivity (Wildman–Crippen MR) is 268 cm³/mol. The average Bonchev–Trinajstić information content (AvgIpc) is 3.64. The number of anilines is 1. The number of methoxy groups -OCH3 is 1. The summed E-state index contributed by atoms with van der Waals surface area (Å²) in [6.45, 7) is 3.52. The number of hydrogen-bond acceptors (Lipinski definition) is 11. The highest BCUT2D eigenvalue weighted by Crippen LogP contribution is 2.42. The minimum absolute atomic E-state index is 0.0417. The lowest BCUT2D eigenvalue weighted by atomic mass is 9.82. The number of aromatic nitrogens is 1. The molecule has 24 heteroatoms. The van der Waals surface area contributed by atoms with Gasteiger partial charge in [0.05, 0.1) is 55.0 Å². The number of pyridine rings is 1. The molecule has 7 rings (SSSR count). The Balaban J connectivity index is 1.17. The Morgan fingerprint density at radius 3 is 1.82 bits per heavy atom. The second kappa shape index (κ2) is 23.9. The number of carbonyl (C=O) groups is 4. The zero-order valence-electron chi connectivity index (χ0n) is 43.1. The number of ether oxygens (including phenoxy) is 2. The summed E-state index contributed by atoms with van der Waals surface area (Å²) in [5, 5.41) is 27.8. The maximum Gasteiger partial charge on any atom is 0.407 e. The fourth-order valence-electron chi connectivity index (χ4n) is 9.69. The largest absolute Gasteiger partial charge is 0.465 e. The fraction of sp³-hybridized carbons (Fsp3) is 0.463. The number of alkyl carbamates (subject to hydrolysis) is 1. The molecule has 6 unspecified atom stereocenters. The number of amides is 4. The summed E-state index contributed by atoms with van der Waals surface area (Å²) in [6.07, 6.45) is -12.8. The van der Waals surface area contributed by atoms with Gasteiger partial charge in [-0.15, -0.1) is 0 Å². The molecule has 0 saturated carbocycles. The molecule has 0 aliphatic carbocycles. The van der Waals surface area contributed by atoms with Crippen LogP contribution in [0, 0.1) is 34.3 Å². The van der Waals surface area contributed by atoms with Crippen LogP contribution in [0.25, 0.3) is 11.3 Å². The molecule has 3 saturated heterocycles. The molecule has 4 amide bonds. The lowest BCUT2D eigenvalue weighted by Crippen LogP contribution is -2.63. The van der Waals surface area contributed by atoms with Crippen LogP contribution >= 0.6 is 0 Å². The third-order valence-electron chi connectivity index (χ3n) is 14.6. The van der Waals surface area contributed by atoms with Gasteiger partial charge in [-0.05, 0) is 113 Å². The number of halogens is 8. The van der Waals surface area contributed by atoms with Crippen LogP contribution in [0.5, 0.6) is 0 Å². The second-order valence-electron chi connectivity index (χ2n) is 20.7.